The monoisotopic (exact) mass is 693 g/mol. The number of hydrogen-bond donors (Lipinski definition) is 2. The summed E-state index contributed by atoms with van der Waals surface area (Å²) in [6, 6.07) is 24.4. The average molecular weight is 694 g/mol. The number of aliphatic carboxylic acids is 1. The van der Waals surface area contributed by atoms with Crippen molar-refractivity contribution < 1.29 is 33.3 Å². The van der Waals surface area contributed by atoms with Gasteiger partial charge in [0.1, 0.15) is 11.5 Å². The van der Waals surface area contributed by atoms with Gasteiger partial charge in [0.25, 0.3) is 0 Å². The Morgan fingerprint density at radius 2 is 1.49 bits per heavy atom. The normalized spacial score (nSPS) is 12.4. The first-order chi connectivity index (χ1) is 24.7. The Morgan fingerprint density at radius 3 is 2.18 bits per heavy atom. The maximum atomic E-state index is 11.8. The van der Waals surface area contributed by atoms with Crippen molar-refractivity contribution in [2.45, 2.75) is 72.6 Å². The highest BCUT2D eigenvalue weighted by molar-refractivity contribution is 5.82. The molecule has 6 rings (SSSR count). The summed E-state index contributed by atoms with van der Waals surface area (Å²) in [7, 11) is 0. The number of nitrogens with one attached hydrogen (secondary N) is 1. The van der Waals surface area contributed by atoms with Crippen LogP contribution >= 0.6 is 0 Å². The van der Waals surface area contributed by atoms with E-state index in [0.717, 1.165) is 56.4 Å². The number of aromatic amines is 1. The summed E-state index contributed by atoms with van der Waals surface area (Å²) >= 11 is 0. The van der Waals surface area contributed by atoms with E-state index >= 15 is 0 Å². The molecular weight excluding hydrogens is 646 g/mol. The molecule has 0 aliphatic heterocycles. The predicted octanol–water partition coefficient (Wildman–Crippen LogP) is 7.93. The Morgan fingerprint density at radius 1 is 0.824 bits per heavy atom. The number of carboxylic acids is 1. The van der Waals surface area contributed by atoms with Gasteiger partial charge in [-0.25, -0.2) is 14.6 Å². The van der Waals surface area contributed by atoms with Gasteiger partial charge < -0.3 is 33.3 Å². The van der Waals surface area contributed by atoms with E-state index in [1.807, 2.05) is 80.8 Å². The molecule has 0 saturated carbocycles. The van der Waals surface area contributed by atoms with Gasteiger partial charge in [-0.3, -0.25) is 0 Å². The van der Waals surface area contributed by atoms with Crippen LogP contribution in [-0.4, -0.2) is 63.6 Å². The molecule has 3 aromatic heterocycles. The van der Waals surface area contributed by atoms with E-state index < -0.39 is 18.2 Å². The summed E-state index contributed by atoms with van der Waals surface area (Å²) in [6.45, 7) is 11.4. The lowest BCUT2D eigenvalue weighted by molar-refractivity contribution is -0.156. The molecule has 0 aliphatic rings. The Bertz CT molecular complexity index is 2040. The van der Waals surface area contributed by atoms with Crippen molar-refractivity contribution in [1.29, 1.82) is 0 Å². The van der Waals surface area contributed by atoms with E-state index in [0.29, 0.717) is 45.1 Å². The van der Waals surface area contributed by atoms with Crippen molar-refractivity contribution in [1.82, 2.24) is 14.5 Å². The third kappa shape index (κ3) is 9.53. The van der Waals surface area contributed by atoms with Crippen LogP contribution in [-0.2, 0) is 49.6 Å². The molecule has 0 unspecified atom stereocenters. The quantitative estimate of drug-likeness (QED) is 0.104. The zero-order chi connectivity index (χ0) is 36.3. The van der Waals surface area contributed by atoms with Crippen LogP contribution in [0.1, 0.15) is 55.8 Å². The fourth-order valence-corrected chi connectivity index (χ4v) is 5.98. The van der Waals surface area contributed by atoms with Crippen LogP contribution in [0.5, 0.6) is 0 Å². The first kappa shape index (κ1) is 37.1. The van der Waals surface area contributed by atoms with E-state index in [9.17, 15) is 14.7 Å². The molecule has 0 spiro atoms. The molecule has 0 radical (unpaired) electrons. The van der Waals surface area contributed by atoms with Crippen molar-refractivity contribution in [3.05, 3.63) is 113 Å². The molecular formula is C41H47N3O7. The lowest BCUT2D eigenvalue weighted by Gasteiger charge is -2.15. The standard InChI is InChI=1S/C26H28N2O4.C15H19NO3/c1-4-18-6-9-20(10-7-18)25-27-22(17(3)32-25)16-28-13-12-21-14-19(8-11-23(21)28)15-24(26(29)30)31-5-2;1-3-18-14(15(17)19-4-2)10-11-5-6-13-12(9-11)7-8-16-13/h6-14,24H,4-5,15-16H2,1-3H3,(H,29,30);5-9,14,16H,3-4,10H2,1-2H3/t24-;14-/m11/s1. The summed E-state index contributed by atoms with van der Waals surface area (Å²) in [6.07, 6.45) is 4.44. The summed E-state index contributed by atoms with van der Waals surface area (Å²) in [5.74, 6) is 0.207. The highest BCUT2D eigenvalue weighted by Crippen LogP contribution is 2.25. The van der Waals surface area contributed by atoms with Crippen LogP contribution in [0.3, 0.4) is 0 Å². The second kappa shape index (κ2) is 17.6. The molecule has 0 saturated heterocycles. The SMILES string of the molecule is CCOC(=O)[C@@H](Cc1ccc2[nH]ccc2c1)OCC.CCO[C@H](Cc1ccc2c(ccn2Cc2nc(-c3ccc(CC)cc3)oc2C)c1)C(=O)O. The number of H-pyrrole nitrogens is 1. The number of carboxylic acid groups (broad SMARTS) is 1. The highest BCUT2D eigenvalue weighted by Gasteiger charge is 2.21. The molecule has 6 aromatic rings. The number of ether oxygens (including phenoxy) is 3. The number of rotatable bonds is 15. The van der Waals surface area contributed by atoms with Crippen molar-refractivity contribution in [3.63, 3.8) is 0 Å². The fraction of sp³-hybridized carbons (Fsp3) is 0.341. The summed E-state index contributed by atoms with van der Waals surface area (Å²) in [5.41, 5.74) is 7.31. The van der Waals surface area contributed by atoms with E-state index in [1.165, 1.54) is 5.56 Å². The van der Waals surface area contributed by atoms with Crippen LogP contribution in [0.2, 0.25) is 0 Å². The van der Waals surface area contributed by atoms with Gasteiger partial charge in [-0.2, -0.15) is 0 Å². The third-order valence-electron chi connectivity index (χ3n) is 8.68. The minimum atomic E-state index is -0.939. The number of oxazole rings is 1. The molecule has 3 aromatic carbocycles. The van der Waals surface area contributed by atoms with Crippen molar-refractivity contribution >= 4 is 33.7 Å². The van der Waals surface area contributed by atoms with Crippen LogP contribution < -0.4 is 0 Å². The van der Waals surface area contributed by atoms with E-state index in [-0.39, 0.29) is 5.97 Å². The summed E-state index contributed by atoms with van der Waals surface area (Å²) < 4.78 is 23.9. The van der Waals surface area contributed by atoms with Crippen LogP contribution in [0.15, 0.2) is 89.6 Å². The smallest absolute Gasteiger partial charge is 0.335 e. The van der Waals surface area contributed by atoms with Crippen LogP contribution in [0, 0.1) is 6.92 Å². The van der Waals surface area contributed by atoms with Crippen LogP contribution in [0.25, 0.3) is 33.3 Å². The van der Waals surface area contributed by atoms with Crippen molar-refractivity contribution in [2.24, 2.45) is 0 Å². The maximum Gasteiger partial charge on any atom is 0.335 e. The fourth-order valence-electron chi connectivity index (χ4n) is 5.98. The molecule has 3 heterocycles. The second-order valence-electron chi connectivity index (χ2n) is 12.2. The van der Waals surface area contributed by atoms with Gasteiger partial charge in [0.2, 0.25) is 5.89 Å². The number of hydrogen-bond acceptors (Lipinski definition) is 7. The number of aryl methyl sites for hydroxylation is 2. The zero-order valence-electron chi connectivity index (χ0n) is 30.0. The molecule has 0 fully saturated rings. The van der Waals surface area contributed by atoms with E-state index in [4.69, 9.17) is 23.6 Å². The molecule has 0 aliphatic carbocycles. The highest BCUT2D eigenvalue weighted by atomic mass is 16.6. The minimum absolute atomic E-state index is 0.293. The zero-order valence-corrected chi connectivity index (χ0v) is 30.0. The van der Waals surface area contributed by atoms with Gasteiger partial charge >= 0.3 is 11.9 Å². The Hall–Kier alpha value is -5.19. The van der Waals surface area contributed by atoms with Crippen LogP contribution in [0.4, 0.5) is 0 Å². The van der Waals surface area contributed by atoms with Gasteiger partial charge in [0.05, 0.1) is 13.2 Å². The molecule has 0 amide bonds. The first-order valence-electron chi connectivity index (χ1n) is 17.5. The topological polar surface area (TPSA) is 129 Å². The van der Waals surface area contributed by atoms with Gasteiger partial charge in [-0.15, -0.1) is 0 Å². The maximum absolute atomic E-state index is 11.8. The van der Waals surface area contributed by atoms with E-state index in [1.54, 1.807) is 13.8 Å². The molecule has 51 heavy (non-hydrogen) atoms. The number of esters is 1. The number of fused-ring (bicyclic) bond motifs is 2. The van der Waals surface area contributed by atoms with Crippen molar-refractivity contribution in [2.75, 3.05) is 19.8 Å². The Balaban J connectivity index is 0.000000226. The lowest BCUT2D eigenvalue weighted by Crippen LogP contribution is -2.28. The Kier molecular flexibility index (Phi) is 12.8. The molecule has 10 heteroatoms. The van der Waals surface area contributed by atoms with Crippen molar-refractivity contribution in [3.8, 4) is 11.5 Å². The molecule has 10 nitrogen and oxygen atoms in total. The second-order valence-corrected chi connectivity index (χ2v) is 12.2. The van der Waals surface area contributed by atoms with E-state index in [2.05, 4.69) is 34.7 Å². The third-order valence-corrected chi connectivity index (χ3v) is 8.68. The summed E-state index contributed by atoms with van der Waals surface area (Å²) in [5, 5.41) is 11.5. The average Bonchev–Trinajstić information content (AvgIpc) is 3.87. The number of carbonyl (C=O) groups excluding carboxylic acids is 1. The molecule has 0 bridgehead atoms. The lowest BCUT2D eigenvalue weighted by atomic mass is 10.1. The largest absolute Gasteiger partial charge is 0.479 e. The molecule has 268 valence electrons. The predicted molar refractivity (Wildman–Crippen MR) is 198 cm³/mol. The summed E-state index contributed by atoms with van der Waals surface area (Å²) in [4.78, 5) is 31.1. The number of aromatic nitrogens is 3. The Labute approximate surface area is 298 Å². The number of benzene rings is 3. The number of carbonyl (C=O) groups is 2. The molecule has 2 N–H and O–H groups in total. The van der Waals surface area contributed by atoms with Gasteiger partial charge in [-0.1, -0.05) is 31.2 Å². The molecule has 2 atom stereocenters. The number of nitrogens with zero attached hydrogens (tertiary/aromatic N) is 2. The first-order valence-corrected chi connectivity index (χ1v) is 17.5. The van der Waals surface area contributed by atoms with Gasteiger partial charge in [0.15, 0.2) is 12.2 Å². The van der Waals surface area contributed by atoms with Gasteiger partial charge in [0, 0.05) is 55.0 Å². The van der Waals surface area contributed by atoms with Gasteiger partial charge in [-0.05, 0) is 110 Å². The minimum Gasteiger partial charge on any atom is -0.479 e.